The number of carbonyl (C=O) groups excluding carboxylic acids is 1. The van der Waals surface area contributed by atoms with Gasteiger partial charge in [-0.1, -0.05) is 6.07 Å². The Labute approximate surface area is 206 Å². The fourth-order valence-corrected chi connectivity index (χ4v) is 3.30. The number of aliphatic imine (C=N–C) groups is 1. The highest BCUT2D eigenvalue weighted by Gasteiger charge is 2.25. The Hall–Kier alpha value is -2.15. The average molecular weight is 558 g/mol. The minimum absolute atomic E-state index is 0. The molecule has 3 rings (SSSR count). The van der Waals surface area contributed by atoms with E-state index in [1.807, 2.05) is 56.5 Å². The number of halogens is 1. The zero-order chi connectivity index (χ0) is 22.3. The fourth-order valence-electron chi connectivity index (χ4n) is 3.30. The summed E-state index contributed by atoms with van der Waals surface area (Å²) in [6.45, 7) is 13.6. The second kappa shape index (κ2) is 12.2. The number of piperazine rings is 1. The second-order valence-electron chi connectivity index (χ2n) is 8.48. The lowest BCUT2D eigenvalue weighted by atomic mass is 10.2. The van der Waals surface area contributed by atoms with Crippen LogP contribution in [0.1, 0.15) is 33.5 Å². The van der Waals surface area contributed by atoms with Crippen molar-refractivity contribution < 1.29 is 9.53 Å². The van der Waals surface area contributed by atoms with Crippen LogP contribution in [-0.4, -0.2) is 87.9 Å². The maximum atomic E-state index is 12.2. The summed E-state index contributed by atoms with van der Waals surface area (Å²) < 4.78 is 7.40. The lowest BCUT2D eigenvalue weighted by Crippen LogP contribution is -2.51. The molecule has 11 heteroatoms. The third-order valence-corrected chi connectivity index (χ3v) is 4.85. The molecular weight excluding hydrogens is 523 g/mol. The van der Waals surface area contributed by atoms with Gasteiger partial charge in [-0.25, -0.2) is 9.79 Å². The lowest BCUT2D eigenvalue weighted by Gasteiger charge is -2.35. The van der Waals surface area contributed by atoms with Gasteiger partial charge in [-0.05, 0) is 39.8 Å². The van der Waals surface area contributed by atoms with E-state index in [1.54, 1.807) is 4.90 Å². The quantitative estimate of drug-likeness (QED) is 0.318. The molecule has 1 fully saturated rings. The molecule has 0 spiro atoms. The van der Waals surface area contributed by atoms with Gasteiger partial charge in [-0.3, -0.25) is 9.30 Å². The van der Waals surface area contributed by atoms with E-state index < -0.39 is 5.60 Å². The second-order valence-corrected chi connectivity index (χ2v) is 8.48. The van der Waals surface area contributed by atoms with Gasteiger partial charge in [0, 0.05) is 52.0 Å². The summed E-state index contributed by atoms with van der Waals surface area (Å²) in [5, 5.41) is 15.0. The van der Waals surface area contributed by atoms with E-state index in [-0.39, 0.29) is 30.1 Å². The summed E-state index contributed by atoms with van der Waals surface area (Å²) in [5.41, 5.74) is 0.356. The number of aromatic nitrogens is 3. The number of amides is 1. The normalized spacial score (nSPS) is 15.4. The van der Waals surface area contributed by atoms with Crippen molar-refractivity contribution >= 4 is 41.7 Å². The summed E-state index contributed by atoms with van der Waals surface area (Å²) in [6, 6.07) is 5.82. The van der Waals surface area contributed by atoms with Gasteiger partial charge in [0.1, 0.15) is 12.1 Å². The molecule has 1 aliphatic rings. The summed E-state index contributed by atoms with van der Waals surface area (Å²) >= 11 is 0. The molecule has 0 radical (unpaired) electrons. The van der Waals surface area contributed by atoms with Gasteiger partial charge in [0.2, 0.25) is 0 Å². The Morgan fingerprint density at radius 3 is 2.59 bits per heavy atom. The monoisotopic (exact) mass is 558 g/mol. The molecular formula is C21H35IN8O2. The number of ether oxygens (including phenoxy) is 1. The largest absolute Gasteiger partial charge is 0.444 e. The molecule has 3 heterocycles. The predicted octanol–water partition coefficient (Wildman–Crippen LogP) is 1.96. The number of rotatable bonds is 6. The molecule has 2 aromatic heterocycles. The molecule has 1 amide bonds. The third-order valence-electron chi connectivity index (χ3n) is 4.85. The Bertz CT molecular complexity index is 887. The molecule has 1 saturated heterocycles. The number of nitrogens with zero attached hydrogens (tertiary/aromatic N) is 6. The van der Waals surface area contributed by atoms with Gasteiger partial charge in [0.25, 0.3) is 0 Å². The maximum absolute atomic E-state index is 12.2. The van der Waals surface area contributed by atoms with Gasteiger partial charge < -0.3 is 20.3 Å². The number of fused-ring (bicyclic) bond motifs is 1. The number of nitrogens with one attached hydrogen (secondary N) is 2. The van der Waals surface area contributed by atoms with Crippen LogP contribution in [0.15, 0.2) is 29.4 Å². The topological polar surface area (TPSA) is 99.4 Å². The van der Waals surface area contributed by atoms with Crippen molar-refractivity contribution in [2.75, 3.05) is 45.8 Å². The lowest BCUT2D eigenvalue weighted by molar-refractivity contribution is 0.0147. The number of carbonyl (C=O) groups is 1. The van der Waals surface area contributed by atoms with Gasteiger partial charge in [0.15, 0.2) is 17.4 Å². The molecule has 2 N–H and O–H groups in total. The number of hydrogen-bond donors (Lipinski definition) is 2. The molecule has 1 aliphatic heterocycles. The van der Waals surface area contributed by atoms with E-state index in [2.05, 4.69) is 30.7 Å². The van der Waals surface area contributed by atoms with Gasteiger partial charge in [-0.2, -0.15) is 0 Å². The van der Waals surface area contributed by atoms with E-state index in [4.69, 9.17) is 4.74 Å². The Balaban J connectivity index is 0.00000363. The standard InChI is InChI=1S/C21H34N8O2.HI/c1-5-22-19(24-16-18-26-25-17-8-6-7-10-29(17)18)23-9-11-27-12-14-28(15-13-27)20(30)31-21(2,3)4;/h6-8,10H,5,9,11-16H2,1-4H3,(H2,22,23,24);1H. The van der Waals surface area contributed by atoms with Crippen molar-refractivity contribution in [1.82, 2.24) is 35.0 Å². The molecule has 0 bridgehead atoms. The van der Waals surface area contributed by atoms with Gasteiger partial charge >= 0.3 is 6.09 Å². The summed E-state index contributed by atoms with van der Waals surface area (Å²) in [7, 11) is 0. The smallest absolute Gasteiger partial charge is 0.410 e. The minimum Gasteiger partial charge on any atom is -0.444 e. The molecule has 0 aliphatic carbocycles. The third kappa shape index (κ3) is 7.76. The fraction of sp³-hybridized carbons (Fsp3) is 0.619. The zero-order valence-corrected chi connectivity index (χ0v) is 21.7. The molecule has 178 valence electrons. The molecule has 0 unspecified atom stereocenters. The SMILES string of the molecule is CCNC(=NCc1nnc2ccccn12)NCCN1CCN(C(=O)OC(C)(C)C)CC1.I. The maximum Gasteiger partial charge on any atom is 0.410 e. The Kier molecular flexibility index (Phi) is 9.94. The van der Waals surface area contributed by atoms with Crippen molar-refractivity contribution in [1.29, 1.82) is 0 Å². The van der Waals surface area contributed by atoms with Crippen LogP contribution < -0.4 is 10.6 Å². The number of pyridine rings is 1. The van der Waals surface area contributed by atoms with E-state index in [9.17, 15) is 4.79 Å². The first kappa shape index (κ1) is 26.1. The van der Waals surface area contributed by atoms with Crippen LogP contribution in [0.3, 0.4) is 0 Å². The number of hydrogen-bond acceptors (Lipinski definition) is 6. The first-order chi connectivity index (χ1) is 14.9. The predicted molar refractivity (Wildman–Crippen MR) is 135 cm³/mol. The van der Waals surface area contributed by atoms with E-state index in [1.165, 1.54) is 0 Å². The van der Waals surface area contributed by atoms with Crippen LogP contribution in [0.4, 0.5) is 4.79 Å². The molecule has 0 aromatic carbocycles. The van der Waals surface area contributed by atoms with Crippen LogP contribution >= 0.6 is 24.0 Å². The summed E-state index contributed by atoms with van der Waals surface area (Å²) in [4.78, 5) is 20.9. The van der Waals surface area contributed by atoms with Crippen molar-refractivity contribution in [3.63, 3.8) is 0 Å². The van der Waals surface area contributed by atoms with E-state index in [0.29, 0.717) is 19.6 Å². The van der Waals surface area contributed by atoms with Crippen LogP contribution in [0.2, 0.25) is 0 Å². The van der Waals surface area contributed by atoms with Crippen LogP contribution in [0, 0.1) is 0 Å². The van der Waals surface area contributed by atoms with E-state index >= 15 is 0 Å². The summed E-state index contributed by atoms with van der Waals surface area (Å²) in [6.07, 6.45) is 1.71. The van der Waals surface area contributed by atoms with Crippen LogP contribution in [0.5, 0.6) is 0 Å². The first-order valence-corrected chi connectivity index (χ1v) is 10.9. The Morgan fingerprint density at radius 1 is 1.16 bits per heavy atom. The van der Waals surface area contributed by atoms with Crippen molar-refractivity contribution in [2.24, 2.45) is 4.99 Å². The number of guanidine groups is 1. The van der Waals surface area contributed by atoms with Crippen molar-refractivity contribution in [3.05, 3.63) is 30.2 Å². The Morgan fingerprint density at radius 2 is 1.91 bits per heavy atom. The zero-order valence-electron chi connectivity index (χ0n) is 19.4. The van der Waals surface area contributed by atoms with Crippen molar-refractivity contribution in [3.8, 4) is 0 Å². The highest BCUT2D eigenvalue weighted by molar-refractivity contribution is 14.0. The van der Waals surface area contributed by atoms with Gasteiger partial charge in [0.05, 0.1) is 0 Å². The van der Waals surface area contributed by atoms with Crippen LogP contribution in [0.25, 0.3) is 5.65 Å². The average Bonchev–Trinajstić information content (AvgIpc) is 3.14. The minimum atomic E-state index is -0.459. The molecule has 10 nitrogen and oxygen atoms in total. The highest BCUT2D eigenvalue weighted by Crippen LogP contribution is 2.11. The molecule has 2 aromatic rings. The van der Waals surface area contributed by atoms with E-state index in [0.717, 1.165) is 50.2 Å². The molecule has 0 saturated carbocycles. The van der Waals surface area contributed by atoms with Gasteiger partial charge in [-0.15, -0.1) is 34.2 Å². The summed E-state index contributed by atoms with van der Waals surface area (Å²) in [5.74, 6) is 1.55. The first-order valence-electron chi connectivity index (χ1n) is 10.9. The van der Waals surface area contributed by atoms with Crippen molar-refractivity contribution in [2.45, 2.75) is 39.8 Å². The van der Waals surface area contributed by atoms with Crippen LogP contribution in [-0.2, 0) is 11.3 Å². The highest BCUT2D eigenvalue weighted by atomic mass is 127. The molecule has 32 heavy (non-hydrogen) atoms. The molecule has 0 atom stereocenters.